The van der Waals surface area contributed by atoms with Crippen LogP contribution in [0.1, 0.15) is 51.9 Å². The van der Waals surface area contributed by atoms with Crippen LogP contribution in [-0.4, -0.2) is 21.8 Å². The van der Waals surface area contributed by atoms with Crippen LogP contribution < -0.4 is 5.32 Å². The summed E-state index contributed by atoms with van der Waals surface area (Å²) in [6, 6.07) is -0.684. The Morgan fingerprint density at radius 2 is 2.06 bits per heavy atom. The van der Waals surface area contributed by atoms with Gasteiger partial charge in [-0.2, -0.15) is 13.8 Å². The lowest BCUT2D eigenvalue weighted by Gasteiger charge is -2.20. The van der Waals surface area contributed by atoms with E-state index in [1.165, 1.54) is 6.92 Å². The van der Waals surface area contributed by atoms with Crippen LogP contribution in [-0.2, 0) is 4.74 Å². The van der Waals surface area contributed by atoms with Crippen molar-refractivity contribution in [2.45, 2.75) is 45.8 Å². The first-order valence-corrected chi connectivity index (χ1v) is 5.30. The zero-order chi connectivity index (χ0) is 13.9. The molecule has 0 aromatic carbocycles. The van der Waals surface area contributed by atoms with Gasteiger partial charge in [0.25, 0.3) is 5.89 Å². The normalized spacial score (nSPS) is 13.5. The van der Waals surface area contributed by atoms with Gasteiger partial charge in [0.15, 0.2) is 5.82 Å². The zero-order valence-corrected chi connectivity index (χ0v) is 10.5. The van der Waals surface area contributed by atoms with Gasteiger partial charge in [-0.1, -0.05) is 5.16 Å². The Bertz CT molecular complexity index is 415. The number of alkyl halides is 2. The lowest BCUT2D eigenvalue weighted by Crippen LogP contribution is -2.34. The molecule has 0 spiro atoms. The van der Waals surface area contributed by atoms with Crippen LogP contribution in [0.5, 0.6) is 0 Å². The molecule has 0 bridgehead atoms. The summed E-state index contributed by atoms with van der Waals surface area (Å²) in [5.41, 5.74) is -0.644. The number of rotatable bonds is 3. The van der Waals surface area contributed by atoms with Gasteiger partial charge >= 0.3 is 12.5 Å². The maximum atomic E-state index is 12.2. The van der Waals surface area contributed by atoms with E-state index < -0.39 is 30.1 Å². The smallest absolute Gasteiger partial charge is 0.408 e. The predicted molar refractivity (Wildman–Crippen MR) is 57.0 cm³/mol. The molecule has 1 atom stereocenters. The molecule has 1 heterocycles. The number of nitrogens with zero attached hydrogens (tertiary/aromatic N) is 2. The van der Waals surface area contributed by atoms with Crippen LogP contribution in [0.25, 0.3) is 0 Å². The molecular weight excluding hydrogens is 248 g/mol. The maximum absolute atomic E-state index is 12.2. The summed E-state index contributed by atoms with van der Waals surface area (Å²) in [7, 11) is 0. The fourth-order valence-corrected chi connectivity index (χ4v) is 1.06. The number of nitrogens with one attached hydrogen (secondary N) is 1. The molecule has 0 saturated carbocycles. The summed E-state index contributed by atoms with van der Waals surface area (Å²) in [4.78, 5) is 14.9. The van der Waals surface area contributed by atoms with Crippen molar-refractivity contribution in [3.05, 3.63) is 11.7 Å². The molecule has 0 aliphatic carbocycles. The number of carbonyl (C=O) groups is 1. The lowest BCUT2D eigenvalue weighted by molar-refractivity contribution is 0.0505. The van der Waals surface area contributed by atoms with Gasteiger partial charge in [-0.05, 0) is 27.7 Å². The molecule has 0 radical (unpaired) electrons. The second-order valence-corrected chi connectivity index (χ2v) is 4.66. The number of hydrogen-bond acceptors (Lipinski definition) is 5. The molecule has 0 aliphatic heterocycles. The van der Waals surface area contributed by atoms with Gasteiger partial charge in [0, 0.05) is 0 Å². The Balaban J connectivity index is 2.59. The summed E-state index contributed by atoms with van der Waals surface area (Å²) in [5.74, 6) is -0.806. The third-order valence-electron chi connectivity index (χ3n) is 1.76. The number of aromatic nitrogens is 2. The van der Waals surface area contributed by atoms with E-state index in [9.17, 15) is 13.6 Å². The summed E-state index contributed by atoms with van der Waals surface area (Å²) in [5, 5.41) is 5.76. The minimum absolute atomic E-state index is 0.0313. The molecule has 0 fully saturated rings. The standard InChI is InChI=1S/C10H15F2N3O3/c1-5(13-9(16)17-10(2,3)4)7-14-8(6(11)12)18-15-7/h5-6H,1-4H3,(H,13,16). The fourth-order valence-electron chi connectivity index (χ4n) is 1.06. The van der Waals surface area contributed by atoms with Gasteiger partial charge in [0.2, 0.25) is 0 Å². The molecule has 1 N–H and O–H groups in total. The molecule has 1 rings (SSSR count). The maximum Gasteiger partial charge on any atom is 0.408 e. The van der Waals surface area contributed by atoms with E-state index in [0.717, 1.165) is 0 Å². The number of halogens is 2. The lowest BCUT2D eigenvalue weighted by atomic mass is 10.2. The minimum Gasteiger partial charge on any atom is -0.444 e. The highest BCUT2D eigenvalue weighted by Gasteiger charge is 2.23. The molecule has 0 aliphatic rings. The third-order valence-corrected chi connectivity index (χ3v) is 1.76. The Hall–Kier alpha value is -1.73. The van der Waals surface area contributed by atoms with Gasteiger partial charge in [0.1, 0.15) is 5.60 Å². The molecule has 1 amide bonds. The van der Waals surface area contributed by atoms with E-state index in [1.807, 2.05) is 0 Å². The van der Waals surface area contributed by atoms with Gasteiger partial charge < -0.3 is 14.6 Å². The second-order valence-electron chi connectivity index (χ2n) is 4.66. The molecular formula is C10H15F2N3O3. The molecule has 1 aromatic heterocycles. The van der Waals surface area contributed by atoms with Crippen molar-refractivity contribution in [3.8, 4) is 0 Å². The summed E-state index contributed by atoms with van der Waals surface area (Å²) < 4.78 is 33.8. The first-order valence-electron chi connectivity index (χ1n) is 5.30. The van der Waals surface area contributed by atoms with Crippen LogP contribution in [0, 0.1) is 0 Å². The Kier molecular flexibility index (Phi) is 4.20. The summed E-state index contributed by atoms with van der Waals surface area (Å²) in [6.45, 7) is 6.66. The predicted octanol–water partition coefficient (Wildman–Crippen LogP) is 2.59. The average molecular weight is 263 g/mol. The Labute approximate surface area is 103 Å². The fraction of sp³-hybridized carbons (Fsp3) is 0.700. The van der Waals surface area contributed by atoms with Crippen molar-refractivity contribution >= 4 is 6.09 Å². The van der Waals surface area contributed by atoms with Gasteiger partial charge in [0.05, 0.1) is 6.04 Å². The van der Waals surface area contributed by atoms with Gasteiger partial charge in [-0.15, -0.1) is 0 Å². The van der Waals surface area contributed by atoms with E-state index in [2.05, 4.69) is 20.0 Å². The van der Waals surface area contributed by atoms with Crippen LogP contribution in [0.4, 0.5) is 13.6 Å². The average Bonchev–Trinajstić information content (AvgIpc) is 2.62. The summed E-state index contributed by atoms with van der Waals surface area (Å²) >= 11 is 0. The minimum atomic E-state index is -2.83. The highest BCUT2D eigenvalue weighted by atomic mass is 19.3. The second kappa shape index (κ2) is 5.28. The molecule has 1 unspecified atom stereocenters. The number of alkyl carbamates (subject to hydrolysis) is 1. The number of amides is 1. The Morgan fingerprint density at radius 3 is 2.50 bits per heavy atom. The Morgan fingerprint density at radius 1 is 1.44 bits per heavy atom. The van der Waals surface area contributed by atoms with E-state index >= 15 is 0 Å². The molecule has 18 heavy (non-hydrogen) atoms. The molecule has 1 aromatic rings. The van der Waals surface area contributed by atoms with Crippen molar-refractivity contribution in [2.24, 2.45) is 0 Å². The quantitative estimate of drug-likeness (QED) is 0.906. The van der Waals surface area contributed by atoms with Crippen LogP contribution in [0.3, 0.4) is 0 Å². The van der Waals surface area contributed by atoms with Crippen molar-refractivity contribution in [1.82, 2.24) is 15.5 Å². The van der Waals surface area contributed by atoms with E-state index in [1.54, 1.807) is 20.8 Å². The topological polar surface area (TPSA) is 77.2 Å². The third kappa shape index (κ3) is 4.27. The van der Waals surface area contributed by atoms with Crippen molar-refractivity contribution in [2.75, 3.05) is 0 Å². The number of ether oxygens (including phenoxy) is 1. The highest BCUT2D eigenvalue weighted by Crippen LogP contribution is 2.18. The summed E-state index contributed by atoms with van der Waals surface area (Å²) in [6.07, 6.45) is -3.52. The monoisotopic (exact) mass is 263 g/mol. The first-order chi connectivity index (χ1) is 8.19. The molecule has 102 valence electrons. The number of hydrogen-bond donors (Lipinski definition) is 1. The van der Waals surface area contributed by atoms with Crippen molar-refractivity contribution in [1.29, 1.82) is 0 Å². The number of carbonyl (C=O) groups excluding carboxylic acids is 1. The van der Waals surface area contributed by atoms with Gasteiger partial charge in [-0.3, -0.25) is 0 Å². The molecule has 0 saturated heterocycles. The molecule has 8 heteroatoms. The van der Waals surface area contributed by atoms with Crippen LogP contribution >= 0.6 is 0 Å². The SMILES string of the molecule is CC(NC(=O)OC(C)(C)C)c1noc(C(F)F)n1. The first kappa shape index (κ1) is 14.3. The molecule has 6 nitrogen and oxygen atoms in total. The van der Waals surface area contributed by atoms with Crippen molar-refractivity contribution < 1.29 is 22.8 Å². The van der Waals surface area contributed by atoms with E-state index in [0.29, 0.717) is 0 Å². The highest BCUT2D eigenvalue weighted by molar-refractivity contribution is 5.68. The van der Waals surface area contributed by atoms with Crippen LogP contribution in [0.2, 0.25) is 0 Å². The zero-order valence-electron chi connectivity index (χ0n) is 10.5. The van der Waals surface area contributed by atoms with E-state index in [-0.39, 0.29) is 5.82 Å². The van der Waals surface area contributed by atoms with E-state index in [4.69, 9.17) is 4.74 Å². The van der Waals surface area contributed by atoms with Crippen LogP contribution in [0.15, 0.2) is 4.52 Å². The largest absolute Gasteiger partial charge is 0.444 e. The van der Waals surface area contributed by atoms with Gasteiger partial charge in [-0.25, -0.2) is 4.79 Å². The van der Waals surface area contributed by atoms with Crippen molar-refractivity contribution in [3.63, 3.8) is 0 Å².